The van der Waals surface area contributed by atoms with Crippen molar-refractivity contribution < 1.29 is 26.2 Å². The van der Waals surface area contributed by atoms with Gasteiger partial charge in [0.2, 0.25) is 0 Å². The smallest absolute Gasteiger partial charge is 0.358 e. The summed E-state index contributed by atoms with van der Waals surface area (Å²) in [5, 5.41) is 0. The largest absolute Gasteiger partial charge is 4.00 e. The van der Waals surface area contributed by atoms with Crippen molar-refractivity contribution in [1.29, 1.82) is 0 Å². The molecule has 0 bridgehead atoms. The standard InChI is InChI=1S/2C5H5.2CH3.Zr/c2*1-2-4-5-3-1;;;/h2*1-3H,4H2;2*1H3;/q4*-1;+4. The van der Waals surface area contributed by atoms with Gasteiger partial charge in [0.1, 0.15) is 0 Å². The SMILES string of the molecule is [C-]1=CC=CC1.[C-]1=CC=CC1.[CH3-].[CH3-].[Zr+4]. The summed E-state index contributed by atoms with van der Waals surface area (Å²) in [5.41, 5.74) is 0. The van der Waals surface area contributed by atoms with E-state index in [1.165, 1.54) is 0 Å². The average molecular weight is 251 g/mol. The Morgan fingerprint density at radius 3 is 1.23 bits per heavy atom. The van der Waals surface area contributed by atoms with Crippen LogP contribution in [0, 0.1) is 27.0 Å². The van der Waals surface area contributed by atoms with Gasteiger partial charge in [-0.25, -0.2) is 24.3 Å². The zero-order valence-electron chi connectivity index (χ0n) is 8.38. The van der Waals surface area contributed by atoms with Gasteiger partial charge in [-0.05, 0) is 0 Å². The molecule has 0 aromatic carbocycles. The van der Waals surface area contributed by atoms with E-state index < -0.39 is 0 Å². The normalized spacial score (nSPS) is 13.5. The molecular formula is C12H16Zr. The van der Waals surface area contributed by atoms with Gasteiger partial charge in [0.25, 0.3) is 0 Å². The summed E-state index contributed by atoms with van der Waals surface area (Å²) in [6.07, 6.45) is 20.0. The topological polar surface area (TPSA) is 0 Å². The van der Waals surface area contributed by atoms with Crippen LogP contribution >= 0.6 is 0 Å². The fourth-order valence-electron chi connectivity index (χ4n) is 0.680. The minimum Gasteiger partial charge on any atom is -0.358 e. The zero-order valence-corrected chi connectivity index (χ0v) is 10.8. The fraction of sp³-hybridized carbons (Fsp3) is 0.167. The Morgan fingerprint density at radius 1 is 0.769 bits per heavy atom. The van der Waals surface area contributed by atoms with Gasteiger partial charge in [-0.2, -0.15) is 12.2 Å². The van der Waals surface area contributed by atoms with Gasteiger partial charge in [-0.15, -0.1) is 12.8 Å². The molecule has 0 atom stereocenters. The van der Waals surface area contributed by atoms with Crippen LogP contribution in [0.2, 0.25) is 0 Å². The summed E-state index contributed by atoms with van der Waals surface area (Å²) >= 11 is 0. The van der Waals surface area contributed by atoms with Crippen molar-refractivity contribution in [2.75, 3.05) is 0 Å². The molecular weight excluding hydrogens is 235 g/mol. The third kappa shape index (κ3) is 11.8. The second-order valence-electron chi connectivity index (χ2n) is 2.01. The Balaban J connectivity index is -0.000000125. The molecule has 0 amide bonds. The van der Waals surface area contributed by atoms with Crippen molar-refractivity contribution in [1.82, 2.24) is 0 Å². The first kappa shape index (κ1) is 18.6. The van der Waals surface area contributed by atoms with Crippen LogP contribution in [0.5, 0.6) is 0 Å². The Bertz CT molecular complexity index is 143. The van der Waals surface area contributed by atoms with Crippen LogP contribution in [0.4, 0.5) is 0 Å². The number of hydrogen-bond acceptors (Lipinski definition) is 0. The van der Waals surface area contributed by atoms with Gasteiger partial charge in [0.15, 0.2) is 0 Å². The van der Waals surface area contributed by atoms with Gasteiger partial charge >= 0.3 is 26.2 Å². The molecule has 0 nitrogen and oxygen atoms in total. The van der Waals surface area contributed by atoms with E-state index in [0.717, 1.165) is 12.8 Å². The van der Waals surface area contributed by atoms with E-state index >= 15 is 0 Å². The van der Waals surface area contributed by atoms with E-state index in [1.807, 2.05) is 24.3 Å². The van der Waals surface area contributed by atoms with Crippen LogP contribution in [-0.2, 0) is 26.2 Å². The maximum absolute atomic E-state index is 2.99. The van der Waals surface area contributed by atoms with Crippen molar-refractivity contribution in [3.63, 3.8) is 0 Å². The molecule has 2 aliphatic carbocycles. The summed E-state index contributed by atoms with van der Waals surface area (Å²) < 4.78 is 0. The monoisotopic (exact) mass is 250 g/mol. The molecule has 1 heteroatoms. The Morgan fingerprint density at radius 2 is 1.15 bits per heavy atom. The molecule has 0 unspecified atom stereocenters. The van der Waals surface area contributed by atoms with Gasteiger partial charge in [0, 0.05) is 0 Å². The molecule has 0 spiro atoms. The fourth-order valence-corrected chi connectivity index (χ4v) is 0.680. The predicted molar refractivity (Wildman–Crippen MR) is 56.0 cm³/mol. The summed E-state index contributed by atoms with van der Waals surface area (Å²) in [5.74, 6) is 0. The number of hydrogen-bond donors (Lipinski definition) is 0. The van der Waals surface area contributed by atoms with Gasteiger partial charge in [-0.1, -0.05) is 0 Å². The molecule has 0 radical (unpaired) electrons. The van der Waals surface area contributed by atoms with E-state index in [9.17, 15) is 0 Å². The first-order valence-electron chi connectivity index (χ1n) is 3.43. The van der Waals surface area contributed by atoms with Crippen LogP contribution in [0.15, 0.2) is 36.5 Å². The van der Waals surface area contributed by atoms with Crippen molar-refractivity contribution in [3.8, 4) is 0 Å². The summed E-state index contributed by atoms with van der Waals surface area (Å²) in [7, 11) is 0. The molecule has 13 heavy (non-hydrogen) atoms. The minimum atomic E-state index is 0. The van der Waals surface area contributed by atoms with Gasteiger partial charge in [0.05, 0.1) is 0 Å². The summed E-state index contributed by atoms with van der Waals surface area (Å²) in [6, 6.07) is 0. The van der Waals surface area contributed by atoms with Gasteiger partial charge < -0.3 is 14.9 Å². The van der Waals surface area contributed by atoms with Crippen molar-refractivity contribution in [3.05, 3.63) is 63.5 Å². The molecule has 2 aliphatic rings. The van der Waals surface area contributed by atoms with Crippen molar-refractivity contribution in [2.24, 2.45) is 0 Å². The average Bonchev–Trinajstić information content (AvgIpc) is 2.67. The molecule has 0 saturated carbocycles. The Kier molecular flexibility index (Phi) is 20.6. The molecule has 2 rings (SSSR count). The van der Waals surface area contributed by atoms with Crippen molar-refractivity contribution >= 4 is 0 Å². The van der Waals surface area contributed by atoms with E-state index in [4.69, 9.17) is 0 Å². The maximum Gasteiger partial charge on any atom is 4.00 e. The molecule has 0 fully saturated rings. The molecule has 0 saturated heterocycles. The second kappa shape index (κ2) is 14.4. The Labute approximate surface area is 102 Å². The van der Waals surface area contributed by atoms with Crippen LogP contribution in [0.1, 0.15) is 12.8 Å². The molecule has 68 valence electrons. The zero-order chi connectivity index (χ0) is 7.07. The van der Waals surface area contributed by atoms with E-state index in [1.54, 1.807) is 0 Å². The Hall–Kier alpha value is -0.157. The van der Waals surface area contributed by atoms with E-state index in [-0.39, 0.29) is 41.1 Å². The van der Waals surface area contributed by atoms with Crippen LogP contribution in [0.25, 0.3) is 0 Å². The van der Waals surface area contributed by atoms with Gasteiger partial charge in [-0.3, -0.25) is 12.2 Å². The minimum absolute atomic E-state index is 0. The number of allylic oxidation sites excluding steroid dienone is 8. The summed E-state index contributed by atoms with van der Waals surface area (Å²) in [6.45, 7) is 0. The molecule has 0 N–H and O–H groups in total. The third-order valence-electron chi connectivity index (χ3n) is 1.17. The predicted octanol–water partition coefficient (Wildman–Crippen LogP) is 3.51. The van der Waals surface area contributed by atoms with Crippen LogP contribution < -0.4 is 0 Å². The second-order valence-corrected chi connectivity index (χ2v) is 2.01. The van der Waals surface area contributed by atoms with Crippen LogP contribution in [0.3, 0.4) is 0 Å². The summed E-state index contributed by atoms with van der Waals surface area (Å²) in [4.78, 5) is 0. The maximum atomic E-state index is 2.99. The molecule has 0 heterocycles. The van der Waals surface area contributed by atoms with E-state index in [2.05, 4.69) is 24.3 Å². The van der Waals surface area contributed by atoms with Crippen molar-refractivity contribution in [2.45, 2.75) is 12.8 Å². The first-order chi connectivity index (χ1) is 5.00. The third-order valence-corrected chi connectivity index (χ3v) is 1.17. The quantitative estimate of drug-likeness (QED) is 0.578. The van der Waals surface area contributed by atoms with Crippen LogP contribution in [-0.4, -0.2) is 0 Å². The molecule has 0 aliphatic heterocycles. The van der Waals surface area contributed by atoms with E-state index in [0.29, 0.717) is 0 Å². The molecule has 0 aromatic rings. The number of rotatable bonds is 0. The first-order valence-corrected chi connectivity index (χ1v) is 3.43. The molecule has 0 aromatic heterocycles.